The number of benzene rings is 1. The molecule has 2 fully saturated rings. The predicted molar refractivity (Wildman–Crippen MR) is 106 cm³/mol. The highest BCUT2D eigenvalue weighted by Gasteiger charge is 2.65. The van der Waals surface area contributed by atoms with Crippen molar-refractivity contribution in [1.29, 1.82) is 0 Å². The lowest BCUT2D eigenvalue weighted by Gasteiger charge is -2.57. The van der Waals surface area contributed by atoms with Gasteiger partial charge in [0.15, 0.2) is 5.54 Å². The van der Waals surface area contributed by atoms with Crippen molar-refractivity contribution in [3.63, 3.8) is 0 Å². The van der Waals surface area contributed by atoms with Crippen LogP contribution in [0.1, 0.15) is 52.0 Å². The number of nitrogens with zero attached hydrogens (tertiary/aromatic N) is 2. The molecule has 2 aliphatic rings. The van der Waals surface area contributed by atoms with Crippen molar-refractivity contribution in [2.75, 3.05) is 13.1 Å². The molecule has 1 aromatic rings. The molecular formula is C22H30N2O6. The number of carbonyl (C=O) groups excluding carboxylic acids is 3. The minimum Gasteiger partial charge on any atom is -0.498 e. The fourth-order valence-electron chi connectivity index (χ4n) is 4.75. The Morgan fingerprint density at radius 1 is 1.23 bits per heavy atom. The van der Waals surface area contributed by atoms with Crippen LogP contribution in [0.4, 0.5) is 9.59 Å². The monoisotopic (exact) mass is 418 g/mol. The maximum absolute atomic E-state index is 13.8. The largest absolute Gasteiger partial charge is 0.498 e. The summed E-state index contributed by atoms with van der Waals surface area (Å²) in [6, 6.07) is 9.21. The summed E-state index contributed by atoms with van der Waals surface area (Å²) in [6.45, 7) is 5.10. The van der Waals surface area contributed by atoms with Gasteiger partial charge in [0.2, 0.25) is 0 Å². The van der Waals surface area contributed by atoms with E-state index in [1.54, 1.807) is 20.8 Å². The zero-order chi connectivity index (χ0) is 22.2. The lowest BCUT2D eigenvalue weighted by Crippen LogP contribution is -2.82. The van der Waals surface area contributed by atoms with E-state index < -0.39 is 39.8 Å². The highest BCUT2D eigenvalue weighted by molar-refractivity contribution is 5.91. The van der Waals surface area contributed by atoms with Crippen molar-refractivity contribution < 1.29 is 33.8 Å². The molecule has 30 heavy (non-hydrogen) atoms. The first-order chi connectivity index (χ1) is 14.0. The average Bonchev–Trinajstić information content (AvgIpc) is 2.69. The number of piperazine rings is 1. The van der Waals surface area contributed by atoms with Gasteiger partial charge in [-0.3, -0.25) is 4.90 Å². The standard InChI is InChI=1S/C22H30N2O6/c1-21(2,3)24(20(28)29)14-13-23(19(27)30-15-16-7-5-4-6-8-16)22(18(24)26)11-9-17(25)10-12-22/h4-8,17,25H,9-15H2,1-3H3/t17?,22?,24-/m1/s1. The van der Waals surface area contributed by atoms with E-state index in [-0.39, 0.29) is 32.5 Å². The lowest BCUT2D eigenvalue weighted by atomic mass is 9.75. The number of aliphatic hydroxyl groups excluding tert-OH is 1. The van der Waals surface area contributed by atoms with E-state index in [0.29, 0.717) is 12.8 Å². The molecule has 164 valence electrons. The summed E-state index contributed by atoms with van der Waals surface area (Å²) in [4.78, 5) is 40.5. The molecule has 1 N–H and O–H groups in total. The van der Waals surface area contributed by atoms with Gasteiger partial charge < -0.3 is 19.7 Å². The molecule has 1 aliphatic heterocycles. The fourth-order valence-corrected chi connectivity index (χ4v) is 4.75. The van der Waals surface area contributed by atoms with E-state index in [9.17, 15) is 24.6 Å². The highest BCUT2D eigenvalue weighted by Crippen LogP contribution is 2.43. The maximum Gasteiger partial charge on any atom is 0.411 e. The molecule has 1 atom stereocenters. The molecule has 8 nitrogen and oxygen atoms in total. The normalized spacial score (nSPS) is 29.7. The molecule has 1 aromatic carbocycles. The molecule has 1 heterocycles. The second-order valence-electron chi connectivity index (χ2n) is 9.23. The van der Waals surface area contributed by atoms with Crippen LogP contribution in [0.2, 0.25) is 0 Å². The predicted octanol–water partition coefficient (Wildman–Crippen LogP) is 1.80. The van der Waals surface area contributed by atoms with E-state index in [0.717, 1.165) is 5.56 Å². The Labute approximate surface area is 176 Å². The van der Waals surface area contributed by atoms with Gasteiger partial charge in [-0.2, -0.15) is 0 Å². The molecule has 3 rings (SSSR count). The first kappa shape index (κ1) is 22.2. The van der Waals surface area contributed by atoms with E-state index in [4.69, 9.17) is 4.74 Å². The zero-order valence-electron chi connectivity index (χ0n) is 17.8. The SMILES string of the molecule is CC(C)(C)[N@+]1(C(=O)[O-])CCN(C(=O)OCc2ccccc2)C2(CCC(O)CC2)C1=O. The Bertz CT molecular complexity index is 811. The second kappa shape index (κ2) is 8.00. The molecular weight excluding hydrogens is 388 g/mol. The fraction of sp³-hybridized carbons (Fsp3) is 0.591. The van der Waals surface area contributed by atoms with Crippen LogP contribution in [0.5, 0.6) is 0 Å². The Hall–Kier alpha value is -2.45. The van der Waals surface area contributed by atoms with Crippen LogP contribution in [-0.4, -0.2) is 62.9 Å². The van der Waals surface area contributed by atoms with Crippen LogP contribution in [-0.2, 0) is 16.1 Å². The Morgan fingerprint density at radius 2 is 1.83 bits per heavy atom. The molecule has 1 saturated carbocycles. The number of amides is 3. The topological polar surface area (TPSA) is 107 Å². The molecule has 1 aliphatic carbocycles. The van der Waals surface area contributed by atoms with Gasteiger partial charge in [-0.25, -0.2) is 14.1 Å². The number of aliphatic hydroxyl groups is 1. The summed E-state index contributed by atoms with van der Waals surface area (Å²) >= 11 is 0. The number of hydrogen-bond acceptors (Lipinski definition) is 6. The molecule has 0 aromatic heterocycles. The van der Waals surface area contributed by atoms with E-state index in [2.05, 4.69) is 0 Å². The smallest absolute Gasteiger partial charge is 0.411 e. The zero-order valence-corrected chi connectivity index (χ0v) is 17.8. The third-order valence-corrected chi connectivity index (χ3v) is 6.59. The first-order valence-electron chi connectivity index (χ1n) is 10.4. The van der Waals surface area contributed by atoms with Crippen molar-refractivity contribution in [3.8, 4) is 0 Å². The number of ether oxygens (including phenoxy) is 1. The summed E-state index contributed by atoms with van der Waals surface area (Å²) in [5.74, 6) is -0.565. The van der Waals surface area contributed by atoms with Gasteiger partial charge in [-0.15, -0.1) is 0 Å². The van der Waals surface area contributed by atoms with Crippen molar-refractivity contribution in [2.24, 2.45) is 0 Å². The van der Waals surface area contributed by atoms with Gasteiger partial charge in [0.1, 0.15) is 18.7 Å². The average molecular weight is 418 g/mol. The van der Waals surface area contributed by atoms with Crippen LogP contribution in [0.15, 0.2) is 30.3 Å². The Balaban J connectivity index is 1.93. The van der Waals surface area contributed by atoms with Crippen molar-refractivity contribution in [3.05, 3.63) is 35.9 Å². The summed E-state index contributed by atoms with van der Waals surface area (Å²) in [6.07, 6.45) is -1.68. The number of quaternary nitrogens is 1. The van der Waals surface area contributed by atoms with Gasteiger partial charge in [0, 0.05) is 0 Å². The van der Waals surface area contributed by atoms with Crippen LogP contribution >= 0.6 is 0 Å². The van der Waals surface area contributed by atoms with Crippen LogP contribution in [0.25, 0.3) is 0 Å². The quantitative estimate of drug-likeness (QED) is 0.734. The summed E-state index contributed by atoms with van der Waals surface area (Å²) in [7, 11) is 0. The number of carbonyl (C=O) groups is 3. The second-order valence-corrected chi connectivity index (χ2v) is 9.23. The Morgan fingerprint density at radius 3 is 2.37 bits per heavy atom. The van der Waals surface area contributed by atoms with E-state index >= 15 is 0 Å². The minimum absolute atomic E-state index is 0.0563. The van der Waals surface area contributed by atoms with Crippen LogP contribution in [0.3, 0.4) is 0 Å². The minimum atomic E-state index is -1.46. The summed E-state index contributed by atoms with van der Waals surface area (Å²) in [5.41, 5.74) is -1.46. The van der Waals surface area contributed by atoms with E-state index in [1.165, 1.54) is 4.90 Å². The van der Waals surface area contributed by atoms with Gasteiger partial charge in [0.25, 0.3) is 6.09 Å². The van der Waals surface area contributed by atoms with Crippen molar-refractivity contribution in [2.45, 2.75) is 70.2 Å². The number of carboxylic acid groups (broad SMARTS) is 1. The third kappa shape index (κ3) is 3.58. The molecule has 0 unspecified atom stereocenters. The van der Waals surface area contributed by atoms with Gasteiger partial charge in [0.05, 0.1) is 12.6 Å². The lowest BCUT2D eigenvalue weighted by molar-refractivity contribution is -0.857. The van der Waals surface area contributed by atoms with Gasteiger partial charge >= 0.3 is 12.0 Å². The summed E-state index contributed by atoms with van der Waals surface area (Å²) < 4.78 is 4.63. The van der Waals surface area contributed by atoms with Crippen LogP contribution in [0, 0.1) is 0 Å². The van der Waals surface area contributed by atoms with Crippen molar-refractivity contribution in [1.82, 2.24) is 4.90 Å². The van der Waals surface area contributed by atoms with E-state index in [1.807, 2.05) is 30.3 Å². The highest BCUT2D eigenvalue weighted by atomic mass is 16.6. The van der Waals surface area contributed by atoms with Crippen LogP contribution < -0.4 is 5.11 Å². The first-order valence-corrected chi connectivity index (χ1v) is 10.4. The molecule has 0 bridgehead atoms. The number of rotatable bonds is 2. The van der Waals surface area contributed by atoms with Crippen molar-refractivity contribution >= 4 is 18.1 Å². The molecule has 8 heteroatoms. The molecule has 1 spiro atoms. The summed E-state index contributed by atoms with van der Waals surface area (Å²) in [5, 5.41) is 22.3. The Kier molecular flexibility index (Phi) is 5.93. The maximum atomic E-state index is 13.8. The molecule has 3 amide bonds. The molecule has 1 saturated heterocycles. The van der Waals surface area contributed by atoms with Gasteiger partial charge in [-0.1, -0.05) is 30.3 Å². The number of hydrogen-bond donors (Lipinski definition) is 1. The van der Waals surface area contributed by atoms with Gasteiger partial charge in [-0.05, 0) is 52.0 Å². The number of imide groups is 1. The molecule has 0 radical (unpaired) electrons. The third-order valence-electron chi connectivity index (χ3n) is 6.59.